The van der Waals surface area contributed by atoms with Crippen LogP contribution in [-0.4, -0.2) is 23.4 Å². The van der Waals surface area contributed by atoms with Crippen LogP contribution >= 0.6 is 0 Å². The number of carbonyl (C=O) groups is 2. The Morgan fingerprint density at radius 2 is 2.11 bits per heavy atom. The number of amides is 1. The fourth-order valence-corrected chi connectivity index (χ4v) is 1.49. The molecule has 0 bridgehead atoms. The molecule has 0 fully saturated rings. The molecule has 0 saturated heterocycles. The van der Waals surface area contributed by atoms with Crippen molar-refractivity contribution >= 4 is 23.3 Å². The Morgan fingerprint density at radius 3 is 2.68 bits per heavy atom. The zero-order chi connectivity index (χ0) is 14.4. The molecule has 7 nitrogen and oxygen atoms in total. The first-order valence-electron chi connectivity index (χ1n) is 5.65. The number of hydrogen-bond acceptors (Lipinski definition) is 5. The zero-order valence-corrected chi connectivity index (χ0v) is 10.6. The third-order valence-electron chi connectivity index (χ3n) is 2.39. The molecule has 1 amide bonds. The SMILES string of the molecule is CCOC(=O)CC(=O)Nc1cccc([N+](=O)[O-])c1C. The van der Waals surface area contributed by atoms with Crippen LogP contribution in [0.25, 0.3) is 0 Å². The van der Waals surface area contributed by atoms with E-state index in [1.807, 2.05) is 0 Å². The largest absolute Gasteiger partial charge is 0.466 e. The molecule has 1 aromatic carbocycles. The highest BCUT2D eigenvalue weighted by molar-refractivity contribution is 6.02. The standard InChI is InChI=1S/C12H14N2O5/c1-3-19-12(16)7-11(15)13-9-5-4-6-10(8(9)2)14(17)18/h4-6H,3,7H2,1-2H3,(H,13,15). The number of benzene rings is 1. The van der Waals surface area contributed by atoms with Crippen molar-refractivity contribution in [2.24, 2.45) is 0 Å². The molecule has 0 unspecified atom stereocenters. The minimum Gasteiger partial charge on any atom is -0.466 e. The van der Waals surface area contributed by atoms with E-state index in [0.717, 1.165) is 0 Å². The van der Waals surface area contributed by atoms with Crippen LogP contribution < -0.4 is 5.32 Å². The Morgan fingerprint density at radius 1 is 1.42 bits per heavy atom. The number of nitrogens with zero attached hydrogens (tertiary/aromatic N) is 1. The van der Waals surface area contributed by atoms with Gasteiger partial charge in [0.2, 0.25) is 5.91 Å². The van der Waals surface area contributed by atoms with E-state index in [1.165, 1.54) is 25.1 Å². The van der Waals surface area contributed by atoms with E-state index in [9.17, 15) is 19.7 Å². The van der Waals surface area contributed by atoms with E-state index >= 15 is 0 Å². The number of rotatable bonds is 5. The maximum atomic E-state index is 11.5. The van der Waals surface area contributed by atoms with Crippen molar-refractivity contribution in [3.8, 4) is 0 Å². The average molecular weight is 266 g/mol. The van der Waals surface area contributed by atoms with E-state index in [-0.39, 0.29) is 12.3 Å². The molecule has 0 aliphatic carbocycles. The third-order valence-corrected chi connectivity index (χ3v) is 2.39. The second-order valence-corrected chi connectivity index (χ2v) is 3.74. The van der Waals surface area contributed by atoms with E-state index in [4.69, 9.17) is 0 Å². The highest BCUT2D eigenvalue weighted by Gasteiger charge is 2.16. The molecule has 0 saturated carbocycles. The molecule has 0 atom stereocenters. The van der Waals surface area contributed by atoms with Crippen molar-refractivity contribution in [2.75, 3.05) is 11.9 Å². The van der Waals surface area contributed by atoms with Gasteiger partial charge in [0, 0.05) is 6.07 Å². The molecular weight excluding hydrogens is 252 g/mol. The average Bonchev–Trinajstić information content (AvgIpc) is 2.31. The van der Waals surface area contributed by atoms with Crippen molar-refractivity contribution in [3.05, 3.63) is 33.9 Å². The molecule has 102 valence electrons. The summed E-state index contributed by atoms with van der Waals surface area (Å²) in [4.78, 5) is 32.9. The van der Waals surface area contributed by atoms with Gasteiger partial charge in [-0.25, -0.2) is 0 Å². The first-order valence-corrected chi connectivity index (χ1v) is 5.65. The maximum absolute atomic E-state index is 11.5. The quantitative estimate of drug-likeness (QED) is 0.379. The lowest BCUT2D eigenvalue weighted by molar-refractivity contribution is -0.385. The van der Waals surface area contributed by atoms with Gasteiger partial charge < -0.3 is 10.1 Å². The number of nitro benzene ring substituents is 1. The Labute approximate surface area is 109 Å². The summed E-state index contributed by atoms with van der Waals surface area (Å²) in [5, 5.41) is 13.2. The molecule has 0 spiro atoms. The number of nitrogens with one attached hydrogen (secondary N) is 1. The normalized spacial score (nSPS) is 9.79. The van der Waals surface area contributed by atoms with Crippen molar-refractivity contribution < 1.29 is 19.2 Å². The molecule has 0 aliphatic heterocycles. The second kappa shape index (κ2) is 6.48. The van der Waals surface area contributed by atoms with Crippen LogP contribution in [0.5, 0.6) is 0 Å². The number of anilines is 1. The predicted octanol–water partition coefficient (Wildman–Crippen LogP) is 1.79. The van der Waals surface area contributed by atoms with E-state index in [1.54, 1.807) is 6.92 Å². The number of carbonyl (C=O) groups excluding carboxylic acids is 2. The highest BCUT2D eigenvalue weighted by Crippen LogP contribution is 2.25. The van der Waals surface area contributed by atoms with Gasteiger partial charge >= 0.3 is 5.97 Å². The van der Waals surface area contributed by atoms with Gasteiger partial charge in [-0.3, -0.25) is 19.7 Å². The van der Waals surface area contributed by atoms with Crippen LogP contribution in [0, 0.1) is 17.0 Å². The Bertz CT molecular complexity index is 513. The van der Waals surface area contributed by atoms with Gasteiger partial charge in [-0.2, -0.15) is 0 Å². The fourth-order valence-electron chi connectivity index (χ4n) is 1.49. The number of nitro groups is 1. The lowest BCUT2D eigenvalue weighted by Gasteiger charge is -2.08. The third kappa shape index (κ3) is 4.06. The van der Waals surface area contributed by atoms with Crippen LogP contribution in [0.1, 0.15) is 18.9 Å². The molecule has 19 heavy (non-hydrogen) atoms. The highest BCUT2D eigenvalue weighted by atomic mass is 16.6. The van der Waals surface area contributed by atoms with Gasteiger partial charge in [0.15, 0.2) is 0 Å². The molecule has 7 heteroatoms. The summed E-state index contributed by atoms with van der Waals surface area (Å²) < 4.78 is 4.63. The Balaban J connectivity index is 2.77. The molecule has 1 N–H and O–H groups in total. The van der Waals surface area contributed by atoms with Gasteiger partial charge in [0.05, 0.1) is 22.8 Å². The number of hydrogen-bond donors (Lipinski definition) is 1. The lowest BCUT2D eigenvalue weighted by atomic mass is 10.1. The first kappa shape index (κ1) is 14.6. The van der Waals surface area contributed by atoms with Gasteiger partial charge in [-0.1, -0.05) is 6.07 Å². The van der Waals surface area contributed by atoms with Crippen LogP contribution in [0.4, 0.5) is 11.4 Å². The summed E-state index contributed by atoms with van der Waals surface area (Å²) in [6.45, 7) is 3.36. The smallest absolute Gasteiger partial charge is 0.315 e. The van der Waals surface area contributed by atoms with Crippen LogP contribution in [0.15, 0.2) is 18.2 Å². The van der Waals surface area contributed by atoms with Crippen LogP contribution in [0.2, 0.25) is 0 Å². The van der Waals surface area contributed by atoms with Crippen molar-refractivity contribution in [1.82, 2.24) is 0 Å². The topological polar surface area (TPSA) is 98.5 Å². The van der Waals surface area contributed by atoms with Crippen molar-refractivity contribution in [1.29, 1.82) is 0 Å². The minimum atomic E-state index is -0.636. The molecule has 0 aromatic heterocycles. The van der Waals surface area contributed by atoms with Gasteiger partial charge in [-0.15, -0.1) is 0 Å². The van der Waals surface area contributed by atoms with Crippen LogP contribution in [0.3, 0.4) is 0 Å². The van der Waals surface area contributed by atoms with Gasteiger partial charge in [0.25, 0.3) is 5.69 Å². The fraction of sp³-hybridized carbons (Fsp3) is 0.333. The molecule has 0 heterocycles. The summed E-state index contributed by atoms with van der Waals surface area (Å²) in [6, 6.07) is 4.34. The second-order valence-electron chi connectivity index (χ2n) is 3.74. The summed E-state index contributed by atoms with van der Waals surface area (Å²) in [5.41, 5.74) is 0.558. The maximum Gasteiger partial charge on any atom is 0.315 e. The van der Waals surface area contributed by atoms with E-state index in [0.29, 0.717) is 11.3 Å². The number of ether oxygens (including phenoxy) is 1. The van der Waals surface area contributed by atoms with Gasteiger partial charge in [-0.05, 0) is 19.9 Å². The molecule has 1 aromatic rings. The molecule has 0 aliphatic rings. The predicted molar refractivity (Wildman–Crippen MR) is 67.7 cm³/mol. The molecule has 1 rings (SSSR count). The lowest BCUT2D eigenvalue weighted by Crippen LogP contribution is -2.18. The van der Waals surface area contributed by atoms with Crippen molar-refractivity contribution in [2.45, 2.75) is 20.3 Å². The summed E-state index contributed by atoms with van der Waals surface area (Å²) in [6.07, 6.45) is -0.421. The Hall–Kier alpha value is -2.44. The van der Waals surface area contributed by atoms with Crippen molar-refractivity contribution in [3.63, 3.8) is 0 Å². The van der Waals surface area contributed by atoms with Gasteiger partial charge in [0.1, 0.15) is 6.42 Å². The first-order chi connectivity index (χ1) is 8.95. The van der Waals surface area contributed by atoms with E-state index in [2.05, 4.69) is 10.1 Å². The van der Waals surface area contributed by atoms with E-state index < -0.39 is 23.2 Å². The molecule has 0 radical (unpaired) electrons. The molecular formula is C12H14N2O5. The monoisotopic (exact) mass is 266 g/mol. The summed E-state index contributed by atoms with van der Waals surface area (Å²) in [7, 11) is 0. The summed E-state index contributed by atoms with van der Waals surface area (Å²) in [5.74, 6) is -1.20. The number of esters is 1. The van der Waals surface area contributed by atoms with Crippen LogP contribution in [-0.2, 0) is 14.3 Å². The zero-order valence-electron chi connectivity index (χ0n) is 10.6. The minimum absolute atomic E-state index is 0.0889. The Kier molecular flexibility index (Phi) is 4.99. The summed E-state index contributed by atoms with van der Waals surface area (Å²) >= 11 is 0.